The van der Waals surface area contributed by atoms with E-state index in [9.17, 15) is 0 Å². The van der Waals surface area contributed by atoms with E-state index in [2.05, 4.69) is 152 Å². The third-order valence-electron chi connectivity index (χ3n) is 11.4. The van der Waals surface area contributed by atoms with Crippen LogP contribution in [0.15, 0.2) is 179 Å². The lowest BCUT2D eigenvalue weighted by atomic mass is 9.85. The van der Waals surface area contributed by atoms with Gasteiger partial charge in [-0.25, -0.2) is 0 Å². The van der Waals surface area contributed by atoms with E-state index in [0.717, 1.165) is 51.4 Å². The van der Waals surface area contributed by atoms with Gasteiger partial charge in [0.05, 0.1) is 11.0 Å². The minimum absolute atomic E-state index is 0.872. The summed E-state index contributed by atoms with van der Waals surface area (Å²) in [6.07, 6.45) is 31.8. The summed E-state index contributed by atoms with van der Waals surface area (Å²) in [6.45, 7) is 8.67. The van der Waals surface area contributed by atoms with Crippen molar-refractivity contribution in [1.82, 2.24) is 4.57 Å². The molecule has 9 rings (SSSR count). The average molecular weight is 660 g/mol. The maximum atomic E-state index is 4.30. The van der Waals surface area contributed by atoms with Crippen molar-refractivity contribution in [3.05, 3.63) is 195 Å². The highest BCUT2D eigenvalue weighted by molar-refractivity contribution is 6.11. The van der Waals surface area contributed by atoms with Crippen molar-refractivity contribution in [1.29, 1.82) is 0 Å². The molecule has 5 aliphatic rings. The molecule has 51 heavy (non-hydrogen) atoms. The standard InChI is InChI=1S/C50H45N/c1-4-7-20-39-38-23-11-13-26-43(38)50(49-41(17-5-2)35(6-3)37-22-10-12-25-42(37)49)45(39)32-33-29-30-48-44(31-33)40-24-14-15-27-47(40)51(48)46-28-16-19-34-18-8-9-21-36(34)46/h5-7,9-12,14-15,17,19-25,27,29-31H,3-4,8,13,16,18,26,28,32H2,1-2H3/b17-5-,20-7-,50-49-. The number of aromatic nitrogens is 1. The molecule has 0 amide bonds. The topological polar surface area (TPSA) is 4.93 Å². The molecule has 0 fully saturated rings. The molecule has 3 aromatic carbocycles. The van der Waals surface area contributed by atoms with Crippen LogP contribution < -0.4 is 0 Å². The lowest BCUT2D eigenvalue weighted by Gasteiger charge is -2.24. The van der Waals surface area contributed by atoms with Gasteiger partial charge >= 0.3 is 0 Å². The Hall–Kier alpha value is -5.40. The van der Waals surface area contributed by atoms with Crippen LogP contribution in [0.4, 0.5) is 0 Å². The van der Waals surface area contributed by atoms with Crippen molar-refractivity contribution in [2.24, 2.45) is 0 Å². The quantitative estimate of drug-likeness (QED) is 0.186. The number of para-hydroxylation sites is 1. The highest BCUT2D eigenvalue weighted by atomic mass is 15.0. The Morgan fingerprint density at radius 2 is 1.51 bits per heavy atom. The Balaban J connectivity index is 1.27. The van der Waals surface area contributed by atoms with Gasteiger partial charge in [-0.1, -0.05) is 123 Å². The number of nitrogens with zero attached hydrogens (tertiary/aromatic N) is 1. The zero-order valence-electron chi connectivity index (χ0n) is 29.9. The summed E-state index contributed by atoms with van der Waals surface area (Å²) in [6, 6.07) is 25.3. The Labute approximate surface area is 302 Å². The molecule has 0 spiro atoms. The molecule has 0 bridgehead atoms. The molecule has 1 nitrogen and oxygen atoms in total. The second-order valence-electron chi connectivity index (χ2n) is 14.3. The van der Waals surface area contributed by atoms with Gasteiger partial charge in [-0.05, 0) is 149 Å². The average Bonchev–Trinajstić information content (AvgIpc) is 3.78. The Morgan fingerprint density at radius 1 is 0.725 bits per heavy atom. The van der Waals surface area contributed by atoms with Crippen LogP contribution in [0.1, 0.15) is 75.5 Å². The van der Waals surface area contributed by atoms with Gasteiger partial charge < -0.3 is 4.57 Å². The van der Waals surface area contributed by atoms with E-state index >= 15 is 0 Å². The summed E-state index contributed by atoms with van der Waals surface area (Å²) in [4.78, 5) is 0. The van der Waals surface area contributed by atoms with Crippen molar-refractivity contribution in [3.63, 3.8) is 0 Å². The van der Waals surface area contributed by atoms with Crippen LogP contribution in [0.2, 0.25) is 0 Å². The molecular formula is C50H45N. The third kappa shape index (κ3) is 5.05. The molecule has 0 radical (unpaired) electrons. The van der Waals surface area contributed by atoms with Crippen LogP contribution >= 0.6 is 0 Å². The van der Waals surface area contributed by atoms with E-state index < -0.39 is 0 Å². The SMILES string of the molecule is C=CC1=C(/C=C\C)/C(=C2\C3=C(C=CCC3)C(/C=C\CC)=C2Cc2ccc3c(c2)c2ccccc2n3C2=C3C=CCCC3=CCC2)c2ccccc21. The summed E-state index contributed by atoms with van der Waals surface area (Å²) in [5.74, 6) is 0. The molecule has 0 aliphatic heterocycles. The van der Waals surface area contributed by atoms with Crippen LogP contribution in [0.25, 0.3) is 38.6 Å². The first-order valence-electron chi connectivity index (χ1n) is 19.0. The fourth-order valence-corrected chi connectivity index (χ4v) is 9.31. The van der Waals surface area contributed by atoms with E-state index in [0.29, 0.717) is 0 Å². The van der Waals surface area contributed by atoms with Crippen molar-refractivity contribution in [2.75, 3.05) is 0 Å². The van der Waals surface area contributed by atoms with Crippen LogP contribution in [0.5, 0.6) is 0 Å². The lowest BCUT2D eigenvalue weighted by Crippen LogP contribution is -2.08. The molecule has 4 aromatic rings. The summed E-state index contributed by atoms with van der Waals surface area (Å²) < 4.78 is 2.58. The number of benzene rings is 3. The Morgan fingerprint density at radius 3 is 2.35 bits per heavy atom. The van der Waals surface area contributed by atoms with E-state index in [1.54, 1.807) is 0 Å². The van der Waals surface area contributed by atoms with Crippen molar-refractivity contribution in [3.8, 4) is 0 Å². The molecular weight excluding hydrogens is 615 g/mol. The summed E-state index contributed by atoms with van der Waals surface area (Å²) in [5.41, 5.74) is 22.0. The first-order valence-corrected chi connectivity index (χ1v) is 19.0. The smallest absolute Gasteiger partial charge is 0.0538 e. The van der Waals surface area contributed by atoms with E-state index in [1.165, 1.54) is 99.9 Å². The van der Waals surface area contributed by atoms with E-state index in [1.807, 2.05) is 0 Å². The van der Waals surface area contributed by atoms with Gasteiger partial charge in [0, 0.05) is 16.5 Å². The first-order chi connectivity index (χ1) is 25.2. The number of fused-ring (bicyclic) bond motifs is 5. The molecule has 250 valence electrons. The largest absolute Gasteiger partial charge is 0.312 e. The predicted octanol–water partition coefficient (Wildman–Crippen LogP) is 13.5. The zero-order chi connectivity index (χ0) is 34.5. The third-order valence-corrected chi connectivity index (χ3v) is 11.4. The summed E-state index contributed by atoms with van der Waals surface area (Å²) in [5, 5.41) is 2.68. The Bertz CT molecular complexity index is 2480. The van der Waals surface area contributed by atoms with Gasteiger partial charge in [0.1, 0.15) is 0 Å². The molecule has 0 atom stereocenters. The van der Waals surface area contributed by atoms with Crippen LogP contribution in [-0.4, -0.2) is 4.57 Å². The lowest BCUT2D eigenvalue weighted by molar-refractivity contribution is 0.886. The monoisotopic (exact) mass is 659 g/mol. The normalized spacial score (nSPS) is 20.2. The number of hydrogen-bond donors (Lipinski definition) is 0. The van der Waals surface area contributed by atoms with Crippen molar-refractivity contribution < 1.29 is 0 Å². The highest BCUT2D eigenvalue weighted by Crippen LogP contribution is 2.53. The van der Waals surface area contributed by atoms with E-state index in [4.69, 9.17) is 0 Å². The molecule has 0 N–H and O–H groups in total. The number of rotatable bonds is 7. The second-order valence-corrected chi connectivity index (χ2v) is 14.3. The van der Waals surface area contributed by atoms with Gasteiger partial charge in [0.15, 0.2) is 0 Å². The minimum atomic E-state index is 0.872. The molecule has 1 heteroatoms. The highest BCUT2D eigenvalue weighted by Gasteiger charge is 2.35. The fraction of sp³-hybridized carbons (Fsp3) is 0.200. The van der Waals surface area contributed by atoms with Gasteiger partial charge in [-0.15, -0.1) is 0 Å². The molecule has 0 saturated heterocycles. The number of hydrogen-bond acceptors (Lipinski definition) is 0. The molecule has 1 heterocycles. The van der Waals surface area contributed by atoms with Gasteiger partial charge in [0.25, 0.3) is 0 Å². The van der Waals surface area contributed by atoms with Crippen LogP contribution in [-0.2, 0) is 6.42 Å². The first kappa shape index (κ1) is 31.6. The van der Waals surface area contributed by atoms with Crippen LogP contribution in [0, 0.1) is 0 Å². The van der Waals surface area contributed by atoms with Crippen LogP contribution in [0.3, 0.4) is 0 Å². The predicted molar refractivity (Wildman–Crippen MR) is 219 cm³/mol. The maximum absolute atomic E-state index is 4.30. The minimum Gasteiger partial charge on any atom is -0.312 e. The molecule has 0 unspecified atom stereocenters. The van der Waals surface area contributed by atoms with E-state index in [-0.39, 0.29) is 0 Å². The molecule has 5 aliphatic carbocycles. The van der Waals surface area contributed by atoms with Crippen molar-refractivity contribution in [2.45, 2.75) is 65.2 Å². The maximum Gasteiger partial charge on any atom is 0.0538 e. The second kappa shape index (κ2) is 13.1. The molecule has 1 aromatic heterocycles. The number of allylic oxidation sites excluding steroid dienone is 21. The summed E-state index contributed by atoms with van der Waals surface area (Å²) in [7, 11) is 0. The van der Waals surface area contributed by atoms with Gasteiger partial charge in [-0.3, -0.25) is 0 Å². The zero-order valence-corrected chi connectivity index (χ0v) is 29.9. The fourth-order valence-electron chi connectivity index (χ4n) is 9.31. The molecule has 0 saturated carbocycles. The van der Waals surface area contributed by atoms with Gasteiger partial charge in [0.2, 0.25) is 0 Å². The summed E-state index contributed by atoms with van der Waals surface area (Å²) >= 11 is 0. The van der Waals surface area contributed by atoms with Gasteiger partial charge in [-0.2, -0.15) is 0 Å². The Kier molecular flexibility index (Phi) is 8.08. The van der Waals surface area contributed by atoms with Crippen molar-refractivity contribution >= 4 is 38.6 Å².